The standard InChI is InChI=1S/C16H21ClN2O3/c1-3-13-14(21)16(4-2,10-7-5-6-8-11(10)17)19-15(22-13)12(18)9-20/h5-8,12-13,20H,3-4,9,18H2,1-2H3/t12-,13?,16?/m0/s1. The molecule has 1 aliphatic rings. The third-order valence-electron chi connectivity index (χ3n) is 3.98. The molecule has 1 aromatic carbocycles. The molecule has 1 heterocycles. The van der Waals surface area contributed by atoms with Crippen molar-refractivity contribution < 1.29 is 14.6 Å². The van der Waals surface area contributed by atoms with E-state index < -0.39 is 17.7 Å². The van der Waals surface area contributed by atoms with Crippen molar-refractivity contribution in [2.75, 3.05) is 6.61 Å². The van der Waals surface area contributed by atoms with E-state index in [1.165, 1.54) is 0 Å². The summed E-state index contributed by atoms with van der Waals surface area (Å²) in [5.74, 6) is 0.0789. The topological polar surface area (TPSA) is 84.9 Å². The number of carbonyl (C=O) groups excluding carboxylic acids is 1. The largest absolute Gasteiger partial charge is 0.468 e. The Kier molecular flexibility index (Phi) is 5.21. The predicted octanol–water partition coefficient (Wildman–Crippen LogP) is 2.04. The normalized spacial score (nSPS) is 26.3. The highest BCUT2D eigenvalue weighted by Gasteiger charge is 2.48. The lowest BCUT2D eigenvalue weighted by molar-refractivity contribution is -0.134. The molecule has 0 saturated heterocycles. The molecule has 0 saturated carbocycles. The quantitative estimate of drug-likeness (QED) is 0.868. The molecular formula is C16H21ClN2O3. The second kappa shape index (κ2) is 6.77. The highest BCUT2D eigenvalue weighted by atomic mass is 35.5. The first-order valence-corrected chi connectivity index (χ1v) is 7.80. The molecular weight excluding hydrogens is 304 g/mol. The summed E-state index contributed by atoms with van der Waals surface area (Å²) < 4.78 is 5.59. The minimum atomic E-state index is -1.11. The summed E-state index contributed by atoms with van der Waals surface area (Å²) >= 11 is 6.30. The molecule has 0 fully saturated rings. The van der Waals surface area contributed by atoms with Gasteiger partial charge < -0.3 is 15.6 Å². The van der Waals surface area contributed by atoms with Gasteiger partial charge in [-0.05, 0) is 18.9 Å². The summed E-state index contributed by atoms with van der Waals surface area (Å²) in [4.78, 5) is 17.4. The van der Waals surface area contributed by atoms with Crippen molar-refractivity contribution in [2.45, 2.75) is 44.4 Å². The maximum atomic E-state index is 12.9. The van der Waals surface area contributed by atoms with Crippen molar-refractivity contribution >= 4 is 23.3 Å². The van der Waals surface area contributed by atoms with E-state index in [0.29, 0.717) is 23.4 Å². The molecule has 0 amide bonds. The first-order chi connectivity index (χ1) is 10.5. The molecule has 120 valence electrons. The van der Waals surface area contributed by atoms with Gasteiger partial charge >= 0.3 is 0 Å². The van der Waals surface area contributed by atoms with Gasteiger partial charge in [-0.3, -0.25) is 4.79 Å². The van der Waals surface area contributed by atoms with Crippen LogP contribution in [0.1, 0.15) is 32.3 Å². The number of aliphatic hydroxyl groups is 1. The van der Waals surface area contributed by atoms with Crippen molar-refractivity contribution in [1.82, 2.24) is 0 Å². The maximum Gasteiger partial charge on any atom is 0.205 e. The predicted molar refractivity (Wildman–Crippen MR) is 86.1 cm³/mol. The van der Waals surface area contributed by atoms with E-state index >= 15 is 0 Å². The van der Waals surface area contributed by atoms with E-state index in [0.717, 1.165) is 0 Å². The lowest BCUT2D eigenvalue weighted by Crippen LogP contribution is -2.52. The van der Waals surface area contributed by atoms with Crippen LogP contribution in [0.5, 0.6) is 0 Å². The third-order valence-corrected chi connectivity index (χ3v) is 4.31. The van der Waals surface area contributed by atoms with Crippen LogP contribution in [0.4, 0.5) is 0 Å². The molecule has 0 spiro atoms. The molecule has 0 radical (unpaired) electrons. The number of ketones is 1. The molecule has 2 unspecified atom stereocenters. The Bertz CT molecular complexity index is 591. The van der Waals surface area contributed by atoms with Gasteiger partial charge in [0.05, 0.1) is 6.61 Å². The van der Waals surface area contributed by atoms with Gasteiger partial charge in [0.15, 0.2) is 11.6 Å². The Morgan fingerprint density at radius 1 is 1.45 bits per heavy atom. The minimum Gasteiger partial charge on any atom is -0.468 e. The van der Waals surface area contributed by atoms with E-state index in [4.69, 9.17) is 22.1 Å². The second-order valence-corrected chi connectivity index (χ2v) is 5.72. The first-order valence-electron chi connectivity index (χ1n) is 7.42. The summed E-state index contributed by atoms with van der Waals surface area (Å²) in [6, 6.07) is 6.41. The van der Waals surface area contributed by atoms with E-state index in [1.54, 1.807) is 18.2 Å². The number of nitrogens with two attached hydrogens (primary N) is 1. The van der Waals surface area contributed by atoms with E-state index in [-0.39, 0.29) is 18.3 Å². The number of aliphatic hydroxyl groups excluding tert-OH is 1. The fraction of sp³-hybridized carbons (Fsp3) is 0.500. The van der Waals surface area contributed by atoms with E-state index in [2.05, 4.69) is 4.99 Å². The number of nitrogens with zero attached hydrogens (tertiary/aromatic N) is 1. The van der Waals surface area contributed by atoms with Crippen molar-refractivity contribution in [1.29, 1.82) is 0 Å². The van der Waals surface area contributed by atoms with Crippen LogP contribution < -0.4 is 5.73 Å². The molecule has 1 aliphatic heterocycles. The Labute approximate surface area is 135 Å². The van der Waals surface area contributed by atoms with Crippen LogP contribution in [0.2, 0.25) is 5.02 Å². The first kappa shape index (κ1) is 16.9. The monoisotopic (exact) mass is 324 g/mol. The zero-order valence-electron chi connectivity index (χ0n) is 12.8. The SMILES string of the molecule is CCC1OC([C@@H](N)CO)=NC(CC)(c2ccccc2Cl)C1=O. The van der Waals surface area contributed by atoms with Gasteiger partial charge in [-0.15, -0.1) is 0 Å². The summed E-state index contributed by atoms with van der Waals surface area (Å²) in [6.45, 7) is 3.44. The van der Waals surface area contributed by atoms with Crippen molar-refractivity contribution in [3.63, 3.8) is 0 Å². The van der Waals surface area contributed by atoms with Gasteiger partial charge in [-0.1, -0.05) is 43.6 Å². The smallest absolute Gasteiger partial charge is 0.205 e. The fourth-order valence-corrected chi connectivity index (χ4v) is 2.98. The van der Waals surface area contributed by atoms with Gasteiger partial charge in [-0.25, -0.2) is 4.99 Å². The van der Waals surface area contributed by atoms with Crippen molar-refractivity contribution in [3.8, 4) is 0 Å². The zero-order valence-corrected chi connectivity index (χ0v) is 13.5. The van der Waals surface area contributed by atoms with Crippen LogP contribution in [0, 0.1) is 0 Å². The number of aliphatic imine (C=N–C) groups is 1. The van der Waals surface area contributed by atoms with E-state index in [9.17, 15) is 9.90 Å². The number of ether oxygens (including phenoxy) is 1. The number of halogens is 1. The van der Waals surface area contributed by atoms with Crippen molar-refractivity contribution in [3.05, 3.63) is 34.9 Å². The van der Waals surface area contributed by atoms with Crippen LogP contribution in [-0.4, -0.2) is 35.5 Å². The third kappa shape index (κ3) is 2.76. The molecule has 5 nitrogen and oxygen atoms in total. The van der Waals surface area contributed by atoms with Gasteiger partial charge in [0.1, 0.15) is 6.04 Å². The zero-order chi connectivity index (χ0) is 16.3. The number of benzene rings is 1. The molecule has 3 N–H and O–H groups in total. The summed E-state index contributed by atoms with van der Waals surface area (Å²) in [6.07, 6.45) is 0.306. The Balaban J connectivity index is 2.64. The van der Waals surface area contributed by atoms with E-state index in [1.807, 2.05) is 19.9 Å². The average Bonchev–Trinajstić information content (AvgIpc) is 2.55. The molecule has 2 rings (SSSR count). The molecule has 3 atom stereocenters. The molecule has 0 aliphatic carbocycles. The van der Waals surface area contributed by atoms with Crippen LogP contribution in [0.3, 0.4) is 0 Å². The number of carbonyl (C=O) groups is 1. The Morgan fingerprint density at radius 2 is 2.14 bits per heavy atom. The van der Waals surface area contributed by atoms with Crippen LogP contribution in [0.15, 0.2) is 29.3 Å². The van der Waals surface area contributed by atoms with Gasteiger partial charge in [-0.2, -0.15) is 0 Å². The lowest BCUT2D eigenvalue weighted by Gasteiger charge is -2.37. The number of Topliss-reactive ketones (excluding diaryl/α,β-unsaturated/α-hetero) is 1. The summed E-state index contributed by atoms with van der Waals surface area (Å²) in [5.41, 5.74) is 5.39. The maximum absolute atomic E-state index is 12.9. The molecule has 22 heavy (non-hydrogen) atoms. The van der Waals surface area contributed by atoms with Crippen LogP contribution in [0.25, 0.3) is 0 Å². The molecule has 6 heteroatoms. The minimum absolute atomic E-state index is 0.125. The van der Waals surface area contributed by atoms with Crippen molar-refractivity contribution in [2.24, 2.45) is 10.7 Å². The molecule has 0 bridgehead atoms. The Hall–Kier alpha value is -1.43. The number of hydrogen-bond donors (Lipinski definition) is 2. The van der Waals surface area contributed by atoms with Crippen LogP contribution >= 0.6 is 11.6 Å². The molecule has 0 aromatic heterocycles. The number of hydrogen-bond acceptors (Lipinski definition) is 5. The molecule has 1 aromatic rings. The Morgan fingerprint density at radius 3 is 2.68 bits per heavy atom. The number of rotatable bonds is 5. The average molecular weight is 325 g/mol. The second-order valence-electron chi connectivity index (χ2n) is 5.31. The van der Waals surface area contributed by atoms with Gasteiger partial charge in [0.2, 0.25) is 11.7 Å². The summed E-state index contributed by atoms with van der Waals surface area (Å²) in [7, 11) is 0. The van der Waals surface area contributed by atoms with Gasteiger partial charge in [0, 0.05) is 10.6 Å². The highest BCUT2D eigenvalue weighted by Crippen LogP contribution is 2.39. The van der Waals surface area contributed by atoms with Crippen LogP contribution in [-0.2, 0) is 15.1 Å². The highest BCUT2D eigenvalue weighted by molar-refractivity contribution is 6.32. The van der Waals surface area contributed by atoms with Gasteiger partial charge in [0.25, 0.3) is 0 Å². The summed E-state index contributed by atoms with van der Waals surface area (Å²) in [5, 5.41) is 9.76. The lowest BCUT2D eigenvalue weighted by atomic mass is 9.80. The fourth-order valence-electron chi connectivity index (χ4n) is 2.69.